The van der Waals surface area contributed by atoms with Gasteiger partial charge in [-0.2, -0.15) is 0 Å². The number of alkyl carbamates (subject to hydrolysis) is 1. The van der Waals surface area contributed by atoms with Crippen LogP contribution in [0.4, 0.5) is 29.5 Å². The van der Waals surface area contributed by atoms with E-state index in [9.17, 15) is 32.3 Å². The highest BCUT2D eigenvalue weighted by atomic mass is 35.5. The molecule has 2 saturated carbocycles. The molecule has 4 aromatic rings. The molecule has 0 radical (unpaired) electrons. The first-order valence-electron chi connectivity index (χ1n) is 20.1. The van der Waals surface area contributed by atoms with E-state index in [1.54, 1.807) is 36.5 Å². The molecule has 18 heteroatoms. The highest BCUT2D eigenvalue weighted by molar-refractivity contribution is 6.34. The SMILES string of the molecule is COC(=O)N[C@H](C(=O)N1C2C[C@@H]2CC[C@H]1c1ncc(-c2ccc(-c3cc(Cl)c(NC(=O)c4ccc(NCCNC(=O)[C@H]5CC5(C)C)nc4)cc3OC(F)(F)F)cc2)[nH]1)C(C)C. The number of pyridine rings is 1. The van der Waals surface area contributed by atoms with Gasteiger partial charge in [0.2, 0.25) is 11.8 Å². The number of ether oxygens (including phenoxy) is 2. The average molecular weight is 865 g/mol. The summed E-state index contributed by atoms with van der Waals surface area (Å²) in [5.74, 6) is -0.148. The summed E-state index contributed by atoms with van der Waals surface area (Å²) < 4.78 is 50.3. The van der Waals surface area contributed by atoms with Crippen molar-refractivity contribution in [2.45, 2.75) is 77.9 Å². The lowest BCUT2D eigenvalue weighted by atomic mass is 9.97. The second-order valence-electron chi connectivity index (χ2n) is 16.7. The van der Waals surface area contributed by atoms with E-state index in [1.165, 1.54) is 25.4 Å². The molecule has 2 aromatic carbocycles. The van der Waals surface area contributed by atoms with Gasteiger partial charge in [-0.3, -0.25) is 14.4 Å². The molecule has 0 spiro atoms. The van der Waals surface area contributed by atoms with Crippen molar-refractivity contribution in [2.75, 3.05) is 30.8 Å². The van der Waals surface area contributed by atoms with E-state index < -0.39 is 30.2 Å². The Hall–Kier alpha value is -5.84. The van der Waals surface area contributed by atoms with E-state index in [-0.39, 0.29) is 63.0 Å². The van der Waals surface area contributed by atoms with E-state index in [0.29, 0.717) is 53.9 Å². The molecule has 3 heterocycles. The van der Waals surface area contributed by atoms with Crippen LogP contribution in [-0.4, -0.2) is 82.3 Å². The van der Waals surface area contributed by atoms with Gasteiger partial charge in [0.25, 0.3) is 5.91 Å². The molecule has 4 amide bonds. The Morgan fingerprint density at radius 3 is 2.36 bits per heavy atom. The standard InChI is InChI=1S/C43H48ClF3N8O6/c1-22(2)36(54-41(59)60-5)40(58)55-32(12-10-25-16-33(25)55)37-51-21-31(52-37)24-8-6-23(7-9-24)27-17-29(44)30(18-34(27)61-43(45,46)47)53-38(56)26-11-13-35(50-20-26)48-14-15-49-39(57)28-19-42(28,3)4/h6-9,11,13,17-18,20-22,25,28,32-33,36H,10,12,14-16,19H2,1-5H3,(H,48,50)(H,49,57)(H,51,52)(H,53,56)(H,54,59)/t25-,28+,32-,33?,36-/m0/s1. The first-order valence-corrected chi connectivity index (χ1v) is 20.5. The third kappa shape index (κ3) is 10.0. The zero-order valence-corrected chi connectivity index (χ0v) is 35.0. The molecular formula is C43H48ClF3N8O6. The summed E-state index contributed by atoms with van der Waals surface area (Å²) in [5, 5.41) is 11.2. The average Bonchev–Trinajstić information content (AvgIpc) is 4.08. The molecule has 5 N–H and O–H groups in total. The summed E-state index contributed by atoms with van der Waals surface area (Å²) in [6, 6.07) is 10.9. The van der Waals surface area contributed by atoms with Crippen LogP contribution in [0, 0.1) is 23.2 Å². The number of aromatic amines is 1. The maximum atomic E-state index is 13.9. The molecule has 324 valence electrons. The van der Waals surface area contributed by atoms with Crippen LogP contribution in [0.5, 0.6) is 5.75 Å². The molecule has 7 rings (SSSR count). The smallest absolute Gasteiger partial charge is 0.453 e. The predicted octanol–water partition coefficient (Wildman–Crippen LogP) is 7.95. The first-order chi connectivity index (χ1) is 28.9. The van der Waals surface area contributed by atoms with Crippen molar-refractivity contribution in [3.8, 4) is 28.1 Å². The molecular weight excluding hydrogens is 817 g/mol. The molecule has 3 fully saturated rings. The number of piperidine rings is 1. The van der Waals surface area contributed by atoms with Crippen LogP contribution < -0.4 is 26.0 Å². The second-order valence-corrected chi connectivity index (χ2v) is 17.2. The van der Waals surface area contributed by atoms with Gasteiger partial charge in [0, 0.05) is 42.9 Å². The normalized spacial score (nSPS) is 20.5. The summed E-state index contributed by atoms with van der Waals surface area (Å²) in [6.45, 7) is 8.62. The Labute approximate surface area is 355 Å². The summed E-state index contributed by atoms with van der Waals surface area (Å²) >= 11 is 6.56. The number of rotatable bonds is 14. The number of nitrogens with zero attached hydrogens (tertiary/aromatic N) is 3. The maximum Gasteiger partial charge on any atom is 0.573 e. The zero-order chi connectivity index (χ0) is 43.8. The van der Waals surface area contributed by atoms with Crippen molar-refractivity contribution >= 4 is 46.9 Å². The Bertz CT molecular complexity index is 2280. The van der Waals surface area contributed by atoms with Crippen molar-refractivity contribution < 1.29 is 41.8 Å². The van der Waals surface area contributed by atoms with E-state index in [1.807, 2.05) is 32.6 Å². The van der Waals surface area contributed by atoms with E-state index in [0.717, 1.165) is 25.3 Å². The minimum absolute atomic E-state index is 0.0176. The van der Waals surface area contributed by atoms with Gasteiger partial charge in [0.05, 0.1) is 41.3 Å². The summed E-state index contributed by atoms with van der Waals surface area (Å²) in [4.78, 5) is 65.4. The van der Waals surface area contributed by atoms with Gasteiger partial charge >= 0.3 is 12.5 Å². The van der Waals surface area contributed by atoms with Crippen LogP contribution in [0.3, 0.4) is 0 Å². The van der Waals surface area contributed by atoms with Gasteiger partial charge in [-0.1, -0.05) is 63.6 Å². The van der Waals surface area contributed by atoms with Gasteiger partial charge < -0.3 is 40.6 Å². The number of anilines is 2. The van der Waals surface area contributed by atoms with Crippen molar-refractivity contribution in [3.05, 3.63) is 77.3 Å². The van der Waals surface area contributed by atoms with Crippen molar-refractivity contribution in [3.63, 3.8) is 0 Å². The largest absolute Gasteiger partial charge is 0.573 e. The first kappa shape index (κ1) is 43.3. The topological polar surface area (TPSA) is 180 Å². The molecule has 5 atom stereocenters. The van der Waals surface area contributed by atoms with Gasteiger partial charge in [0.15, 0.2) is 0 Å². The molecule has 1 aliphatic heterocycles. The number of methoxy groups -OCH3 is 1. The number of imidazole rings is 1. The quantitative estimate of drug-likeness (QED) is 0.0787. The zero-order valence-electron chi connectivity index (χ0n) is 34.3. The molecule has 14 nitrogen and oxygen atoms in total. The Kier molecular flexibility index (Phi) is 12.2. The molecule has 1 saturated heterocycles. The van der Waals surface area contributed by atoms with Crippen LogP contribution in [-0.2, 0) is 14.3 Å². The number of fused-ring (bicyclic) bond motifs is 1. The number of amides is 4. The summed E-state index contributed by atoms with van der Waals surface area (Å²) in [6.07, 6.45) is 0.567. The van der Waals surface area contributed by atoms with Crippen LogP contribution in [0.15, 0.2) is 60.9 Å². The molecule has 2 aromatic heterocycles. The summed E-state index contributed by atoms with van der Waals surface area (Å²) in [7, 11) is 1.25. The summed E-state index contributed by atoms with van der Waals surface area (Å²) in [5.41, 5.74) is 1.74. The number of aromatic nitrogens is 3. The van der Waals surface area contributed by atoms with E-state index in [2.05, 4.69) is 41.0 Å². The van der Waals surface area contributed by atoms with Gasteiger partial charge in [-0.05, 0) is 72.3 Å². The number of likely N-dealkylation sites (tertiary alicyclic amines) is 1. The molecule has 0 bridgehead atoms. The third-order valence-corrected chi connectivity index (χ3v) is 11.9. The number of carbonyl (C=O) groups excluding carboxylic acids is 4. The number of carbonyl (C=O) groups is 4. The number of hydrogen-bond acceptors (Lipinski definition) is 9. The minimum atomic E-state index is -5.06. The number of benzene rings is 2. The molecule has 61 heavy (non-hydrogen) atoms. The lowest BCUT2D eigenvalue weighted by Crippen LogP contribution is -2.54. The van der Waals surface area contributed by atoms with Crippen molar-refractivity contribution in [1.82, 2.24) is 30.5 Å². The fourth-order valence-corrected chi connectivity index (χ4v) is 8.09. The van der Waals surface area contributed by atoms with Crippen molar-refractivity contribution in [1.29, 1.82) is 0 Å². The van der Waals surface area contributed by atoms with E-state index in [4.69, 9.17) is 16.3 Å². The molecule has 3 aliphatic rings. The molecule has 2 aliphatic carbocycles. The Morgan fingerprint density at radius 2 is 1.72 bits per heavy atom. The fourth-order valence-electron chi connectivity index (χ4n) is 7.88. The van der Waals surface area contributed by atoms with Crippen LogP contribution >= 0.6 is 11.6 Å². The molecule has 1 unspecified atom stereocenters. The van der Waals surface area contributed by atoms with Crippen LogP contribution in [0.1, 0.15) is 75.6 Å². The van der Waals surface area contributed by atoms with Crippen molar-refractivity contribution in [2.24, 2.45) is 23.2 Å². The number of alkyl halides is 3. The van der Waals surface area contributed by atoms with Gasteiger partial charge in [-0.15, -0.1) is 13.2 Å². The lowest BCUT2D eigenvalue weighted by Gasteiger charge is -2.37. The fraction of sp³-hybridized carbons (Fsp3) is 0.442. The Morgan fingerprint density at radius 1 is 1.00 bits per heavy atom. The minimum Gasteiger partial charge on any atom is -0.453 e. The number of nitrogens with one attached hydrogen (secondary N) is 5. The van der Waals surface area contributed by atoms with Crippen LogP contribution in [0.2, 0.25) is 5.02 Å². The van der Waals surface area contributed by atoms with E-state index >= 15 is 0 Å². The number of hydrogen-bond donors (Lipinski definition) is 5. The van der Waals surface area contributed by atoms with Gasteiger partial charge in [-0.25, -0.2) is 14.8 Å². The predicted molar refractivity (Wildman–Crippen MR) is 222 cm³/mol. The number of halogens is 4. The van der Waals surface area contributed by atoms with Crippen LogP contribution in [0.25, 0.3) is 22.4 Å². The third-order valence-electron chi connectivity index (χ3n) is 11.6. The highest BCUT2D eigenvalue weighted by Gasteiger charge is 2.53. The highest BCUT2D eigenvalue weighted by Crippen LogP contribution is 2.52. The monoisotopic (exact) mass is 864 g/mol. The lowest BCUT2D eigenvalue weighted by molar-refractivity contribution is -0.274. The second kappa shape index (κ2) is 17.3. The maximum absolute atomic E-state index is 13.9. The van der Waals surface area contributed by atoms with Gasteiger partial charge in [0.1, 0.15) is 23.4 Å². The number of H-pyrrole nitrogens is 1. The Balaban J connectivity index is 1.03.